The maximum atomic E-state index is 13.9. The van der Waals surface area contributed by atoms with E-state index in [0.29, 0.717) is 23.7 Å². The SMILES string of the molecule is COc1cccc(CNCc2ccccc2Cl)c1F. The maximum absolute atomic E-state index is 13.9. The van der Waals surface area contributed by atoms with Crippen molar-refractivity contribution in [3.8, 4) is 5.75 Å². The summed E-state index contributed by atoms with van der Waals surface area (Å²) in [5.41, 5.74) is 1.57. The zero-order chi connectivity index (χ0) is 13.7. The second-order valence-corrected chi connectivity index (χ2v) is 4.54. The Kier molecular flexibility index (Phi) is 4.77. The minimum Gasteiger partial charge on any atom is -0.494 e. The van der Waals surface area contributed by atoms with Crippen molar-refractivity contribution in [2.45, 2.75) is 13.1 Å². The van der Waals surface area contributed by atoms with Gasteiger partial charge in [-0.05, 0) is 17.7 Å². The van der Waals surface area contributed by atoms with Crippen LogP contribution >= 0.6 is 11.6 Å². The number of halogens is 2. The van der Waals surface area contributed by atoms with Crippen LogP contribution in [-0.2, 0) is 13.1 Å². The van der Waals surface area contributed by atoms with Gasteiger partial charge in [0.1, 0.15) is 0 Å². The van der Waals surface area contributed by atoms with E-state index in [9.17, 15) is 4.39 Å². The largest absolute Gasteiger partial charge is 0.494 e. The number of ether oxygens (including phenoxy) is 1. The fourth-order valence-electron chi connectivity index (χ4n) is 1.82. The van der Waals surface area contributed by atoms with Crippen LogP contribution in [-0.4, -0.2) is 7.11 Å². The van der Waals surface area contributed by atoms with E-state index in [2.05, 4.69) is 5.32 Å². The van der Waals surface area contributed by atoms with Gasteiger partial charge in [-0.15, -0.1) is 0 Å². The van der Waals surface area contributed by atoms with E-state index in [4.69, 9.17) is 16.3 Å². The highest BCUT2D eigenvalue weighted by atomic mass is 35.5. The molecule has 0 spiro atoms. The molecule has 4 heteroatoms. The van der Waals surface area contributed by atoms with Crippen LogP contribution in [0.25, 0.3) is 0 Å². The van der Waals surface area contributed by atoms with Crippen LogP contribution in [0.1, 0.15) is 11.1 Å². The molecule has 0 bridgehead atoms. The van der Waals surface area contributed by atoms with Crippen LogP contribution in [0.15, 0.2) is 42.5 Å². The molecule has 0 heterocycles. The molecule has 0 unspecified atom stereocenters. The number of nitrogens with one attached hydrogen (secondary N) is 1. The molecular formula is C15H15ClFNO. The van der Waals surface area contributed by atoms with Crippen LogP contribution in [0.4, 0.5) is 4.39 Å². The van der Waals surface area contributed by atoms with Crippen LogP contribution in [0.5, 0.6) is 5.75 Å². The first kappa shape index (κ1) is 13.8. The molecule has 0 saturated heterocycles. The summed E-state index contributed by atoms with van der Waals surface area (Å²) in [6.07, 6.45) is 0. The summed E-state index contributed by atoms with van der Waals surface area (Å²) >= 11 is 6.05. The molecule has 0 fully saturated rings. The van der Waals surface area contributed by atoms with Crippen LogP contribution in [0.3, 0.4) is 0 Å². The molecule has 0 aliphatic rings. The summed E-state index contributed by atoms with van der Waals surface area (Å²) in [5, 5.41) is 3.88. The highest BCUT2D eigenvalue weighted by Crippen LogP contribution is 2.20. The van der Waals surface area contributed by atoms with E-state index in [0.717, 1.165) is 5.56 Å². The van der Waals surface area contributed by atoms with Gasteiger partial charge in [-0.1, -0.05) is 41.9 Å². The predicted molar refractivity (Wildman–Crippen MR) is 74.9 cm³/mol. The minimum absolute atomic E-state index is 0.261. The van der Waals surface area contributed by atoms with Crippen LogP contribution in [0.2, 0.25) is 5.02 Å². The number of benzene rings is 2. The van der Waals surface area contributed by atoms with Gasteiger partial charge in [-0.25, -0.2) is 4.39 Å². The molecule has 0 radical (unpaired) electrons. The third-order valence-electron chi connectivity index (χ3n) is 2.85. The van der Waals surface area contributed by atoms with Gasteiger partial charge in [0.25, 0.3) is 0 Å². The monoisotopic (exact) mass is 279 g/mol. The van der Waals surface area contributed by atoms with E-state index in [1.165, 1.54) is 7.11 Å². The van der Waals surface area contributed by atoms with Crippen LogP contribution in [0, 0.1) is 5.82 Å². The van der Waals surface area contributed by atoms with E-state index in [-0.39, 0.29) is 11.6 Å². The Morgan fingerprint density at radius 1 is 1.05 bits per heavy atom. The smallest absolute Gasteiger partial charge is 0.169 e. The first-order valence-electron chi connectivity index (χ1n) is 5.98. The van der Waals surface area contributed by atoms with Gasteiger partial charge in [0.05, 0.1) is 7.11 Å². The Balaban J connectivity index is 1.98. The Morgan fingerprint density at radius 3 is 2.47 bits per heavy atom. The van der Waals surface area contributed by atoms with E-state index >= 15 is 0 Å². The van der Waals surface area contributed by atoms with Crippen molar-refractivity contribution < 1.29 is 9.13 Å². The molecular weight excluding hydrogens is 265 g/mol. The van der Waals surface area contributed by atoms with Gasteiger partial charge in [0.2, 0.25) is 0 Å². The Labute approximate surface area is 117 Å². The lowest BCUT2D eigenvalue weighted by atomic mass is 10.2. The van der Waals surface area contributed by atoms with Crippen molar-refractivity contribution in [3.05, 3.63) is 64.4 Å². The van der Waals surface area contributed by atoms with Crippen molar-refractivity contribution in [2.24, 2.45) is 0 Å². The summed E-state index contributed by atoms with van der Waals surface area (Å²) in [4.78, 5) is 0. The van der Waals surface area contributed by atoms with Gasteiger partial charge in [-0.3, -0.25) is 0 Å². The van der Waals surface area contributed by atoms with Gasteiger partial charge >= 0.3 is 0 Å². The molecule has 19 heavy (non-hydrogen) atoms. The van der Waals surface area contributed by atoms with E-state index in [1.54, 1.807) is 18.2 Å². The third-order valence-corrected chi connectivity index (χ3v) is 3.22. The lowest BCUT2D eigenvalue weighted by Crippen LogP contribution is -2.14. The Bertz CT molecular complexity index is 560. The topological polar surface area (TPSA) is 21.3 Å². The standard InChI is InChI=1S/C15H15ClFNO/c1-19-14-8-4-6-12(15(14)17)10-18-9-11-5-2-3-7-13(11)16/h2-8,18H,9-10H2,1H3. The van der Waals surface area contributed by atoms with Gasteiger partial charge in [0.15, 0.2) is 11.6 Å². The molecule has 0 atom stereocenters. The average Bonchev–Trinajstić information content (AvgIpc) is 2.43. The molecule has 100 valence electrons. The zero-order valence-electron chi connectivity index (χ0n) is 10.6. The van der Waals surface area contributed by atoms with Gasteiger partial charge in [-0.2, -0.15) is 0 Å². The number of rotatable bonds is 5. The Morgan fingerprint density at radius 2 is 1.74 bits per heavy atom. The van der Waals surface area contributed by atoms with Gasteiger partial charge < -0.3 is 10.1 Å². The summed E-state index contributed by atoms with van der Waals surface area (Å²) in [6, 6.07) is 12.7. The van der Waals surface area contributed by atoms with Crippen molar-refractivity contribution in [2.75, 3.05) is 7.11 Å². The van der Waals surface area contributed by atoms with Crippen molar-refractivity contribution in [3.63, 3.8) is 0 Å². The molecule has 0 amide bonds. The maximum Gasteiger partial charge on any atom is 0.169 e. The first-order chi connectivity index (χ1) is 9.22. The fraction of sp³-hybridized carbons (Fsp3) is 0.200. The molecule has 2 aromatic carbocycles. The van der Waals surface area contributed by atoms with E-state index < -0.39 is 0 Å². The lowest BCUT2D eigenvalue weighted by molar-refractivity contribution is 0.383. The highest BCUT2D eigenvalue weighted by Gasteiger charge is 2.07. The predicted octanol–water partition coefficient (Wildman–Crippen LogP) is 3.78. The van der Waals surface area contributed by atoms with Gasteiger partial charge in [0, 0.05) is 23.7 Å². The second-order valence-electron chi connectivity index (χ2n) is 4.13. The molecule has 2 rings (SSSR count). The number of hydrogen-bond acceptors (Lipinski definition) is 2. The molecule has 2 nitrogen and oxygen atoms in total. The van der Waals surface area contributed by atoms with E-state index in [1.807, 2.05) is 24.3 Å². The first-order valence-corrected chi connectivity index (χ1v) is 6.35. The molecule has 2 aromatic rings. The quantitative estimate of drug-likeness (QED) is 0.899. The molecule has 0 aliphatic carbocycles. The normalized spacial score (nSPS) is 10.5. The van der Waals surface area contributed by atoms with Crippen molar-refractivity contribution >= 4 is 11.6 Å². The summed E-state index contributed by atoms with van der Waals surface area (Å²) < 4.78 is 18.8. The van der Waals surface area contributed by atoms with Crippen molar-refractivity contribution in [1.29, 1.82) is 0 Å². The molecule has 0 aliphatic heterocycles. The lowest BCUT2D eigenvalue weighted by Gasteiger charge is -2.09. The third kappa shape index (κ3) is 3.46. The number of hydrogen-bond donors (Lipinski definition) is 1. The number of methoxy groups -OCH3 is 1. The molecule has 1 N–H and O–H groups in total. The molecule has 0 aromatic heterocycles. The highest BCUT2D eigenvalue weighted by molar-refractivity contribution is 6.31. The van der Waals surface area contributed by atoms with Crippen molar-refractivity contribution in [1.82, 2.24) is 5.32 Å². The summed E-state index contributed by atoms with van der Waals surface area (Å²) in [5.74, 6) is -0.0614. The summed E-state index contributed by atoms with van der Waals surface area (Å²) in [7, 11) is 1.46. The fourth-order valence-corrected chi connectivity index (χ4v) is 2.03. The Hall–Kier alpha value is -1.58. The minimum atomic E-state index is -0.323. The molecule has 0 saturated carbocycles. The second kappa shape index (κ2) is 6.55. The average molecular weight is 280 g/mol. The summed E-state index contributed by atoms with van der Waals surface area (Å²) in [6.45, 7) is 1.02. The zero-order valence-corrected chi connectivity index (χ0v) is 11.4. The van der Waals surface area contributed by atoms with Crippen LogP contribution < -0.4 is 10.1 Å².